The van der Waals surface area contributed by atoms with Gasteiger partial charge in [-0.05, 0) is 47.2 Å². The number of nitrogens with zero attached hydrogens (tertiary/aromatic N) is 2. The van der Waals surface area contributed by atoms with Crippen LogP contribution in [0.5, 0.6) is 0 Å². The zero-order chi connectivity index (χ0) is 23.9. The smallest absolute Gasteiger partial charge is 0.269 e. The van der Waals surface area contributed by atoms with Gasteiger partial charge in [-0.1, -0.05) is 54.6 Å². The first-order chi connectivity index (χ1) is 16.3. The molecule has 1 N–H and O–H groups in total. The molecule has 0 radical (unpaired) electrons. The van der Waals surface area contributed by atoms with Crippen LogP contribution in [0.25, 0.3) is 0 Å². The van der Waals surface area contributed by atoms with Crippen molar-refractivity contribution in [2.45, 2.75) is 29.8 Å². The summed E-state index contributed by atoms with van der Waals surface area (Å²) in [6.07, 6.45) is 5.05. The molecule has 0 fully saturated rings. The first kappa shape index (κ1) is 22.3. The Morgan fingerprint density at radius 1 is 1.06 bits per heavy atom. The van der Waals surface area contributed by atoms with E-state index in [0.717, 1.165) is 28.8 Å². The Hall–Kier alpha value is -3.49. The highest BCUT2D eigenvalue weighted by Crippen LogP contribution is 2.50. The Labute approximate surface area is 198 Å². The van der Waals surface area contributed by atoms with Gasteiger partial charge in [0.1, 0.15) is 0 Å². The van der Waals surface area contributed by atoms with E-state index in [1.165, 1.54) is 10.4 Å². The summed E-state index contributed by atoms with van der Waals surface area (Å²) < 4.78 is 28.0. The number of fused-ring (bicyclic) bond motifs is 3. The van der Waals surface area contributed by atoms with Gasteiger partial charge in [-0.3, -0.25) is 10.1 Å². The van der Waals surface area contributed by atoms with Crippen molar-refractivity contribution in [1.29, 1.82) is 0 Å². The number of hydrogen-bond donors (Lipinski definition) is 1. The van der Waals surface area contributed by atoms with Crippen LogP contribution in [-0.4, -0.2) is 24.7 Å². The molecule has 5 rings (SSSR count). The molecule has 0 aromatic heterocycles. The molecule has 1 heterocycles. The molecule has 0 amide bonds. The number of benzene rings is 3. The van der Waals surface area contributed by atoms with Crippen LogP contribution >= 0.6 is 0 Å². The Morgan fingerprint density at radius 2 is 1.85 bits per heavy atom. The van der Waals surface area contributed by atoms with Crippen LogP contribution in [0.15, 0.2) is 89.8 Å². The van der Waals surface area contributed by atoms with Crippen molar-refractivity contribution >= 4 is 21.4 Å². The summed E-state index contributed by atoms with van der Waals surface area (Å²) in [6, 6.07) is 21.3. The highest BCUT2D eigenvalue weighted by atomic mass is 32.2. The second-order valence-corrected chi connectivity index (χ2v) is 10.9. The van der Waals surface area contributed by atoms with Gasteiger partial charge < -0.3 is 5.32 Å². The van der Waals surface area contributed by atoms with E-state index in [-0.39, 0.29) is 33.4 Å². The van der Waals surface area contributed by atoms with Gasteiger partial charge in [-0.15, -0.1) is 0 Å². The molecule has 3 aromatic rings. The summed E-state index contributed by atoms with van der Waals surface area (Å²) in [4.78, 5) is 11.2. The molecule has 0 bridgehead atoms. The van der Waals surface area contributed by atoms with Crippen molar-refractivity contribution in [2.24, 2.45) is 5.92 Å². The summed E-state index contributed by atoms with van der Waals surface area (Å²) in [5.41, 5.74) is 3.64. The maximum absolute atomic E-state index is 13.3. The molecule has 174 valence electrons. The quantitative estimate of drug-likeness (QED) is 0.299. The second kappa shape index (κ2) is 8.70. The Morgan fingerprint density at radius 3 is 2.62 bits per heavy atom. The minimum absolute atomic E-state index is 0.0371. The molecular weight excluding hydrogens is 450 g/mol. The molecular formula is C26H25N3O4S. The fraction of sp³-hybridized carbons (Fsp3) is 0.231. The first-order valence-electron chi connectivity index (χ1n) is 11.2. The zero-order valence-corrected chi connectivity index (χ0v) is 19.5. The van der Waals surface area contributed by atoms with Crippen molar-refractivity contribution in [1.82, 2.24) is 4.31 Å². The molecule has 1 aliphatic carbocycles. The molecule has 3 unspecified atom stereocenters. The molecule has 3 aromatic carbocycles. The van der Waals surface area contributed by atoms with Crippen LogP contribution in [0.2, 0.25) is 0 Å². The van der Waals surface area contributed by atoms with E-state index in [9.17, 15) is 18.5 Å². The minimum atomic E-state index is -3.67. The molecule has 0 spiro atoms. The van der Waals surface area contributed by atoms with Crippen LogP contribution in [0.4, 0.5) is 11.4 Å². The van der Waals surface area contributed by atoms with Gasteiger partial charge in [0.05, 0.1) is 15.9 Å². The summed E-state index contributed by atoms with van der Waals surface area (Å²) in [5.74, 6) is 0.185. The fourth-order valence-electron chi connectivity index (χ4n) is 5.00. The minimum Gasteiger partial charge on any atom is -0.378 e. The van der Waals surface area contributed by atoms with Crippen LogP contribution in [0.1, 0.15) is 35.1 Å². The third kappa shape index (κ3) is 3.99. The molecule has 7 nitrogen and oxygen atoms in total. The zero-order valence-electron chi connectivity index (χ0n) is 18.7. The Bertz CT molecular complexity index is 1370. The maximum Gasteiger partial charge on any atom is 0.269 e. The van der Waals surface area contributed by atoms with Gasteiger partial charge in [0.15, 0.2) is 0 Å². The lowest BCUT2D eigenvalue weighted by Gasteiger charge is -2.37. The number of nitro benzene ring substituents is 1. The average molecular weight is 476 g/mol. The standard InChI is InChI=1S/C26H25N3O4S/c1-28(17-18-7-3-2-4-8-18)34(32,33)21-13-14-25-24(16-21)22-11-6-12-23(22)26(27-25)19-9-5-10-20(15-19)29(30)31/h2-11,13-16,22-23,26-27H,12,17H2,1H3. The van der Waals surface area contributed by atoms with Crippen LogP contribution in [0, 0.1) is 16.0 Å². The lowest BCUT2D eigenvalue weighted by Crippen LogP contribution is -2.30. The molecule has 2 aliphatic rings. The van der Waals surface area contributed by atoms with E-state index in [0.29, 0.717) is 6.54 Å². The number of sulfonamides is 1. The van der Waals surface area contributed by atoms with E-state index in [4.69, 9.17) is 0 Å². The van der Waals surface area contributed by atoms with E-state index >= 15 is 0 Å². The van der Waals surface area contributed by atoms with Gasteiger partial charge in [-0.2, -0.15) is 4.31 Å². The lowest BCUT2D eigenvalue weighted by molar-refractivity contribution is -0.384. The fourth-order valence-corrected chi connectivity index (χ4v) is 6.20. The third-order valence-corrected chi connectivity index (χ3v) is 8.53. The SMILES string of the molecule is CN(Cc1ccccc1)S(=O)(=O)c1ccc2c(c1)C1C=CCC1C(c1cccc([N+](=O)[O-])c1)N2. The number of rotatable bonds is 6. The van der Waals surface area contributed by atoms with Gasteiger partial charge in [0, 0.05) is 37.3 Å². The van der Waals surface area contributed by atoms with Crippen molar-refractivity contribution in [3.8, 4) is 0 Å². The highest BCUT2D eigenvalue weighted by molar-refractivity contribution is 7.89. The molecule has 34 heavy (non-hydrogen) atoms. The largest absolute Gasteiger partial charge is 0.378 e. The number of anilines is 1. The van der Waals surface area contributed by atoms with Gasteiger partial charge in [0.2, 0.25) is 10.0 Å². The highest BCUT2D eigenvalue weighted by Gasteiger charge is 2.39. The summed E-state index contributed by atoms with van der Waals surface area (Å²) in [5, 5.41) is 14.8. The maximum atomic E-state index is 13.3. The molecule has 0 saturated carbocycles. The first-order valence-corrected chi connectivity index (χ1v) is 12.6. The van der Waals surface area contributed by atoms with Gasteiger partial charge in [-0.25, -0.2) is 8.42 Å². The monoisotopic (exact) mass is 475 g/mol. The van der Waals surface area contributed by atoms with Crippen molar-refractivity contribution in [3.05, 3.63) is 112 Å². The molecule has 1 aliphatic heterocycles. The molecule has 8 heteroatoms. The summed E-state index contributed by atoms with van der Waals surface area (Å²) in [6.45, 7) is 0.291. The van der Waals surface area contributed by atoms with E-state index in [1.807, 2.05) is 42.5 Å². The summed E-state index contributed by atoms with van der Waals surface area (Å²) >= 11 is 0. The predicted molar refractivity (Wildman–Crippen MR) is 131 cm³/mol. The van der Waals surface area contributed by atoms with Crippen molar-refractivity contribution in [3.63, 3.8) is 0 Å². The number of non-ortho nitro benzene ring substituents is 1. The average Bonchev–Trinajstić information content (AvgIpc) is 3.34. The van der Waals surface area contributed by atoms with Crippen LogP contribution in [0.3, 0.4) is 0 Å². The number of nitrogens with one attached hydrogen (secondary N) is 1. The van der Waals surface area contributed by atoms with Crippen molar-refractivity contribution in [2.75, 3.05) is 12.4 Å². The lowest BCUT2D eigenvalue weighted by atomic mass is 9.77. The molecule has 0 saturated heterocycles. The van der Waals surface area contributed by atoms with E-state index in [1.54, 1.807) is 31.3 Å². The topological polar surface area (TPSA) is 92.5 Å². The summed E-state index contributed by atoms with van der Waals surface area (Å²) in [7, 11) is -2.08. The van der Waals surface area contributed by atoms with Gasteiger partial charge in [0.25, 0.3) is 5.69 Å². The Kier molecular flexibility index (Phi) is 5.71. The second-order valence-electron chi connectivity index (χ2n) is 8.82. The number of nitro groups is 1. The third-order valence-electron chi connectivity index (χ3n) is 6.73. The normalized spacial score (nSPS) is 21.1. The van der Waals surface area contributed by atoms with Crippen LogP contribution < -0.4 is 5.32 Å². The van der Waals surface area contributed by atoms with E-state index in [2.05, 4.69) is 17.5 Å². The molecule has 3 atom stereocenters. The van der Waals surface area contributed by atoms with E-state index < -0.39 is 10.0 Å². The predicted octanol–water partition coefficient (Wildman–Crippen LogP) is 5.24. The Balaban J connectivity index is 1.47. The number of hydrogen-bond acceptors (Lipinski definition) is 5. The van der Waals surface area contributed by atoms with Gasteiger partial charge >= 0.3 is 0 Å². The van der Waals surface area contributed by atoms with Crippen LogP contribution in [-0.2, 0) is 16.6 Å². The van der Waals surface area contributed by atoms with Crippen molar-refractivity contribution < 1.29 is 13.3 Å². The number of allylic oxidation sites excluding steroid dienone is 2.